The molecule has 3 aliphatic heterocycles. The number of nitrogens with zero attached hydrogens (tertiary/aromatic N) is 2. The van der Waals surface area contributed by atoms with Crippen molar-refractivity contribution in [2.75, 3.05) is 6.61 Å². The Hall–Kier alpha value is -1.69. The van der Waals surface area contributed by atoms with Crippen LogP contribution in [-0.4, -0.2) is 91.8 Å². The van der Waals surface area contributed by atoms with Crippen molar-refractivity contribution in [3.63, 3.8) is 0 Å². The highest BCUT2D eigenvalue weighted by atomic mass is 16.5. The van der Waals surface area contributed by atoms with Crippen LogP contribution >= 0.6 is 0 Å². The van der Waals surface area contributed by atoms with Gasteiger partial charge in [0.15, 0.2) is 0 Å². The highest BCUT2D eigenvalue weighted by Gasteiger charge is 2.61. The second kappa shape index (κ2) is 6.31. The number of carbonyl (C=O) groups excluding carboxylic acids is 2. The number of rotatable bonds is 6. The van der Waals surface area contributed by atoms with Crippen molar-refractivity contribution in [1.29, 1.82) is 0 Å². The second-order valence-corrected chi connectivity index (χ2v) is 5.98. The van der Waals surface area contributed by atoms with E-state index >= 15 is 0 Å². The maximum atomic E-state index is 12.3. The van der Waals surface area contributed by atoms with Crippen molar-refractivity contribution >= 4 is 18.0 Å². The molecule has 0 spiro atoms. The zero-order chi connectivity index (χ0) is 17.6. The minimum absolute atomic E-state index is 0.464. The molecule has 10 nitrogen and oxygen atoms in total. The molecular formula is C14H18N2O8. The van der Waals surface area contributed by atoms with Crippen LogP contribution in [-0.2, 0) is 14.3 Å². The van der Waals surface area contributed by atoms with E-state index in [1.54, 1.807) is 12.2 Å². The standard InChI is InChI=1S/C14H18N2O8/c17-4-6(19)12(21)11(20)5(18)3-15-16-13(22)9-7-1-2-8(24-7)10(9)14(16)23/h1-3,5-12,17-21H,4H2/b15-3+/t5-,6+,7-,8+,9+,10+,11-,12+/m0/s1. The van der Waals surface area contributed by atoms with E-state index in [0.717, 1.165) is 6.21 Å². The van der Waals surface area contributed by atoms with Gasteiger partial charge in [-0.2, -0.15) is 10.1 Å². The molecule has 3 heterocycles. The summed E-state index contributed by atoms with van der Waals surface area (Å²) in [6.45, 7) is -0.815. The van der Waals surface area contributed by atoms with Crippen LogP contribution in [0.5, 0.6) is 0 Å². The van der Waals surface area contributed by atoms with Gasteiger partial charge in [0.2, 0.25) is 0 Å². The number of fused-ring (bicyclic) bond motifs is 5. The van der Waals surface area contributed by atoms with Crippen molar-refractivity contribution in [2.45, 2.75) is 36.6 Å². The van der Waals surface area contributed by atoms with Gasteiger partial charge in [0.25, 0.3) is 11.8 Å². The summed E-state index contributed by atoms with van der Waals surface area (Å²) < 4.78 is 5.46. The Bertz CT molecular complexity index is 563. The minimum atomic E-state index is -1.86. The molecule has 5 N–H and O–H groups in total. The molecule has 0 saturated carbocycles. The summed E-state index contributed by atoms with van der Waals surface area (Å²) in [5.74, 6) is -2.41. The van der Waals surface area contributed by atoms with Crippen LogP contribution in [0.2, 0.25) is 0 Å². The van der Waals surface area contributed by atoms with Gasteiger partial charge < -0.3 is 30.3 Å². The van der Waals surface area contributed by atoms with E-state index in [-0.39, 0.29) is 0 Å². The van der Waals surface area contributed by atoms with Crippen molar-refractivity contribution < 1.29 is 39.9 Å². The molecule has 8 atom stereocenters. The summed E-state index contributed by atoms with van der Waals surface area (Å²) in [6.07, 6.45) is -3.86. The highest BCUT2D eigenvalue weighted by molar-refractivity contribution is 6.06. The van der Waals surface area contributed by atoms with Gasteiger partial charge in [-0.25, -0.2) is 0 Å². The lowest BCUT2D eigenvalue weighted by molar-refractivity contribution is -0.142. The Morgan fingerprint density at radius 1 is 1.08 bits per heavy atom. The van der Waals surface area contributed by atoms with E-state index in [1.807, 2.05) is 0 Å². The number of ether oxygens (including phenoxy) is 1. The third-order valence-electron chi connectivity index (χ3n) is 4.50. The van der Waals surface area contributed by atoms with E-state index in [2.05, 4.69) is 5.10 Å². The third kappa shape index (κ3) is 2.57. The molecule has 132 valence electrons. The van der Waals surface area contributed by atoms with Crippen LogP contribution in [0.4, 0.5) is 0 Å². The van der Waals surface area contributed by atoms with Crippen LogP contribution in [0.1, 0.15) is 0 Å². The lowest BCUT2D eigenvalue weighted by Gasteiger charge is -2.23. The predicted octanol–water partition coefficient (Wildman–Crippen LogP) is -3.65. The van der Waals surface area contributed by atoms with Gasteiger partial charge in [0.1, 0.15) is 24.4 Å². The van der Waals surface area contributed by atoms with Crippen LogP contribution in [0.3, 0.4) is 0 Å². The lowest BCUT2D eigenvalue weighted by Crippen LogP contribution is -2.46. The largest absolute Gasteiger partial charge is 0.394 e. The molecule has 2 bridgehead atoms. The number of carbonyl (C=O) groups is 2. The number of aliphatic hydroxyl groups is 5. The topological polar surface area (TPSA) is 160 Å². The molecule has 0 aromatic carbocycles. The average molecular weight is 342 g/mol. The zero-order valence-corrected chi connectivity index (χ0v) is 12.4. The maximum absolute atomic E-state index is 12.3. The van der Waals surface area contributed by atoms with Gasteiger partial charge >= 0.3 is 0 Å². The number of aliphatic hydroxyl groups excluding tert-OH is 5. The Morgan fingerprint density at radius 3 is 2.12 bits per heavy atom. The summed E-state index contributed by atoms with van der Waals surface area (Å²) in [7, 11) is 0. The Kier molecular flexibility index (Phi) is 4.51. The lowest BCUT2D eigenvalue weighted by atomic mass is 9.85. The van der Waals surface area contributed by atoms with Gasteiger partial charge in [0, 0.05) is 0 Å². The van der Waals surface area contributed by atoms with E-state index in [4.69, 9.17) is 9.84 Å². The normalized spacial score (nSPS) is 36.5. The van der Waals surface area contributed by atoms with Crippen LogP contribution < -0.4 is 0 Å². The Balaban J connectivity index is 1.67. The number of imide groups is 1. The van der Waals surface area contributed by atoms with Gasteiger partial charge in [-0.3, -0.25) is 9.59 Å². The quantitative estimate of drug-likeness (QED) is 0.188. The molecule has 3 aliphatic rings. The van der Waals surface area contributed by atoms with E-state index in [9.17, 15) is 30.0 Å². The Labute approximate surface area is 136 Å². The molecule has 24 heavy (non-hydrogen) atoms. The van der Waals surface area contributed by atoms with Gasteiger partial charge in [-0.15, -0.1) is 0 Å². The molecule has 10 heteroatoms. The molecule has 2 saturated heterocycles. The van der Waals surface area contributed by atoms with Crippen molar-refractivity contribution in [2.24, 2.45) is 16.9 Å². The third-order valence-corrected chi connectivity index (χ3v) is 4.50. The van der Waals surface area contributed by atoms with Crippen molar-refractivity contribution in [3.05, 3.63) is 12.2 Å². The molecule has 0 radical (unpaired) electrons. The van der Waals surface area contributed by atoms with E-state index in [0.29, 0.717) is 5.01 Å². The summed E-state index contributed by atoms with van der Waals surface area (Å²) in [4.78, 5) is 24.5. The number of amides is 2. The minimum Gasteiger partial charge on any atom is -0.394 e. The zero-order valence-electron chi connectivity index (χ0n) is 12.4. The first kappa shape index (κ1) is 17.1. The molecule has 2 amide bonds. The average Bonchev–Trinajstić information content (AvgIpc) is 3.25. The first-order chi connectivity index (χ1) is 11.4. The first-order valence-corrected chi connectivity index (χ1v) is 7.45. The second-order valence-electron chi connectivity index (χ2n) is 5.98. The molecule has 3 rings (SSSR count). The fourth-order valence-corrected chi connectivity index (χ4v) is 3.16. The van der Waals surface area contributed by atoms with Crippen molar-refractivity contribution in [3.8, 4) is 0 Å². The fraction of sp³-hybridized carbons (Fsp3) is 0.643. The summed E-state index contributed by atoms with van der Waals surface area (Å²) in [5.41, 5.74) is 0. The summed E-state index contributed by atoms with van der Waals surface area (Å²) in [6, 6.07) is 0. The van der Waals surface area contributed by atoms with E-state index < -0.39 is 66.9 Å². The van der Waals surface area contributed by atoms with E-state index in [1.165, 1.54) is 0 Å². The maximum Gasteiger partial charge on any atom is 0.256 e. The number of hydrogen-bond acceptors (Lipinski definition) is 9. The summed E-state index contributed by atoms with van der Waals surface area (Å²) >= 11 is 0. The molecule has 2 fully saturated rings. The number of hydrazone groups is 1. The van der Waals surface area contributed by atoms with Gasteiger partial charge in [0.05, 0.1) is 36.9 Å². The molecular weight excluding hydrogens is 324 g/mol. The molecule has 0 aromatic heterocycles. The highest BCUT2D eigenvalue weighted by Crippen LogP contribution is 2.45. The monoisotopic (exact) mass is 342 g/mol. The molecule has 0 unspecified atom stereocenters. The van der Waals surface area contributed by atoms with Crippen molar-refractivity contribution in [1.82, 2.24) is 5.01 Å². The first-order valence-electron chi connectivity index (χ1n) is 7.45. The van der Waals surface area contributed by atoms with Crippen LogP contribution in [0, 0.1) is 11.8 Å². The Morgan fingerprint density at radius 2 is 1.62 bits per heavy atom. The van der Waals surface area contributed by atoms with Crippen LogP contribution in [0.25, 0.3) is 0 Å². The summed E-state index contributed by atoms with van der Waals surface area (Å²) in [5, 5.41) is 51.1. The SMILES string of the molecule is O=C1[C@H]2[C@H](C(=O)N1/N=C/[C@H](O)[C@H](O)[C@H](O)[C@H](O)CO)[C@H]1C=C[C@@H]2O1. The molecule has 0 aromatic rings. The van der Waals surface area contributed by atoms with Crippen LogP contribution in [0.15, 0.2) is 17.3 Å². The fourth-order valence-electron chi connectivity index (χ4n) is 3.16. The number of hydrogen-bond donors (Lipinski definition) is 5. The predicted molar refractivity (Wildman–Crippen MR) is 76.2 cm³/mol. The van der Waals surface area contributed by atoms with Gasteiger partial charge in [-0.1, -0.05) is 12.2 Å². The molecule has 0 aliphatic carbocycles. The smallest absolute Gasteiger partial charge is 0.256 e. The van der Waals surface area contributed by atoms with Gasteiger partial charge in [-0.05, 0) is 0 Å².